The summed E-state index contributed by atoms with van der Waals surface area (Å²) >= 11 is 2.08. The van der Waals surface area contributed by atoms with Crippen LogP contribution in [0.15, 0.2) is 0 Å². The van der Waals surface area contributed by atoms with Crippen molar-refractivity contribution in [2.45, 2.75) is 17.0 Å². The fourth-order valence-corrected chi connectivity index (χ4v) is 2.83. The van der Waals surface area contributed by atoms with Gasteiger partial charge in [0.1, 0.15) is 0 Å². The van der Waals surface area contributed by atoms with Gasteiger partial charge in [-0.05, 0) is 0 Å². The molecule has 3 heteroatoms. The number of thioether (sulfide) groups is 1. The largest absolute Gasteiger partial charge is 0.311 e. The maximum atomic E-state index is 3.52. The monoisotopic (exact) mass is 144 g/mol. The zero-order valence-electron chi connectivity index (χ0n) is 5.61. The Morgan fingerprint density at radius 1 is 1.56 bits per heavy atom. The van der Waals surface area contributed by atoms with Crippen LogP contribution in [0.25, 0.3) is 0 Å². The number of rotatable bonds is 0. The number of nitrogens with one attached hydrogen (secondary N) is 2. The second-order valence-corrected chi connectivity index (χ2v) is 4.73. The van der Waals surface area contributed by atoms with E-state index in [4.69, 9.17) is 0 Å². The molecule has 0 amide bonds. The third-order valence-corrected chi connectivity index (χ3v) is 3.41. The first-order chi connectivity index (χ1) is 4.31. The van der Waals surface area contributed by atoms with Crippen molar-refractivity contribution in [3.05, 3.63) is 0 Å². The molecule has 2 aliphatic heterocycles. The molecule has 0 aromatic heterocycles. The lowest BCUT2D eigenvalue weighted by molar-refractivity contribution is 0.346. The molecule has 2 nitrogen and oxygen atoms in total. The standard InChI is InChI=1S/C6H12N2S/c1-5-2-8-6(9-5)3-7-4-6/h5,7-8H,2-4H2,1H3. The highest BCUT2D eigenvalue weighted by Gasteiger charge is 2.42. The van der Waals surface area contributed by atoms with Crippen molar-refractivity contribution in [2.75, 3.05) is 19.6 Å². The first kappa shape index (κ1) is 6.01. The van der Waals surface area contributed by atoms with Gasteiger partial charge in [-0.2, -0.15) is 0 Å². The van der Waals surface area contributed by atoms with Crippen molar-refractivity contribution in [3.63, 3.8) is 0 Å². The predicted molar refractivity (Wildman–Crippen MR) is 40.7 cm³/mol. The Morgan fingerprint density at radius 2 is 2.33 bits per heavy atom. The van der Waals surface area contributed by atoms with Crippen LogP contribution < -0.4 is 10.6 Å². The molecule has 2 aliphatic rings. The highest BCUT2D eigenvalue weighted by Crippen LogP contribution is 2.35. The Hall–Kier alpha value is 0.270. The van der Waals surface area contributed by atoms with Crippen LogP contribution in [0.5, 0.6) is 0 Å². The van der Waals surface area contributed by atoms with E-state index in [1.54, 1.807) is 0 Å². The van der Waals surface area contributed by atoms with Crippen molar-refractivity contribution in [1.29, 1.82) is 0 Å². The third kappa shape index (κ3) is 0.876. The molecule has 0 aromatic rings. The lowest BCUT2D eigenvalue weighted by Gasteiger charge is -2.38. The summed E-state index contributed by atoms with van der Waals surface area (Å²) in [4.78, 5) is 0.444. The van der Waals surface area contributed by atoms with Crippen LogP contribution in [0.4, 0.5) is 0 Å². The smallest absolute Gasteiger partial charge is 0.0900 e. The van der Waals surface area contributed by atoms with Crippen molar-refractivity contribution in [2.24, 2.45) is 0 Å². The van der Waals surface area contributed by atoms with E-state index in [0.29, 0.717) is 4.87 Å². The van der Waals surface area contributed by atoms with E-state index in [-0.39, 0.29) is 0 Å². The molecular weight excluding hydrogens is 132 g/mol. The van der Waals surface area contributed by atoms with Gasteiger partial charge in [0.15, 0.2) is 0 Å². The van der Waals surface area contributed by atoms with Crippen molar-refractivity contribution < 1.29 is 0 Å². The van der Waals surface area contributed by atoms with Gasteiger partial charge in [0, 0.05) is 24.9 Å². The third-order valence-electron chi connectivity index (χ3n) is 1.96. The molecule has 9 heavy (non-hydrogen) atoms. The maximum absolute atomic E-state index is 3.52. The van der Waals surface area contributed by atoms with Crippen molar-refractivity contribution >= 4 is 11.8 Å². The van der Waals surface area contributed by atoms with E-state index in [1.807, 2.05) is 0 Å². The van der Waals surface area contributed by atoms with Crippen LogP contribution >= 0.6 is 11.8 Å². The van der Waals surface area contributed by atoms with Gasteiger partial charge in [-0.3, -0.25) is 5.32 Å². The van der Waals surface area contributed by atoms with Crippen molar-refractivity contribution in [3.8, 4) is 0 Å². The van der Waals surface area contributed by atoms with Crippen LogP contribution in [0.1, 0.15) is 6.92 Å². The van der Waals surface area contributed by atoms with Crippen LogP contribution in [-0.4, -0.2) is 29.8 Å². The average molecular weight is 144 g/mol. The summed E-state index contributed by atoms with van der Waals surface area (Å²) in [5.74, 6) is 0. The van der Waals surface area contributed by atoms with Crippen LogP contribution in [0.2, 0.25) is 0 Å². The summed E-state index contributed by atoms with van der Waals surface area (Å²) in [6.07, 6.45) is 0. The van der Waals surface area contributed by atoms with E-state index in [1.165, 1.54) is 6.54 Å². The van der Waals surface area contributed by atoms with Gasteiger partial charge in [0.25, 0.3) is 0 Å². The summed E-state index contributed by atoms with van der Waals surface area (Å²) in [5.41, 5.74) is 0. The second kappa shape index (κ2) is 1.87. The van der Waals surface area contributed by atoms with Crippen molar-refractivity contribution in [1.82, 2.24) is 10.6 Å². The molecule has 1 unspecified atom stereocenters. The molecule has 2 fully saturated rings. The normalized spacial score (nSPS) is 39.0. The molecule has 0 saturated carbocycles. The molecule has 0 aromatic carbocycles. The van der Waals surface area contributed by atoms with Gasteiger partial charge < -0.3 is 5.32 Å². The zero-order valence-corrected chi connectivity index (χ0v) is 6.42. The fourth-order valence-electron chi connectivity index (χ4n) is 1.36. The molecule has 2 rings (SSSR count). The topological polar surface area (TPSA) is 24.1 Å². The Bertz CT molecular complexity index is 122. The second-order valence-electron chi connectivity index (χ2n) is 2.91. The Kier molecular flexibility index (Phi) is 1.25. The molecule has 0 bridgehead atoms. The minimum atomic E-state index is 0.444. The minimum Gasteiger partial charge on any atom is -0.311 e. The summed E-state index contributed by atoms with van der Waals surface area (Å²) in [6, 6.07) is 0. The van der Waals surface area contributed by atoms with E-state index in [9.17, 15) is 0 Å². The van der Waals surface area contributed by atoms with Crippen LogP contribution in [-0.2, 0) is 0 Å². The highest BCUT2D eigenvalue weighted by atomic mass is 32.2. The number of hydrogen-bond donors (Lipinski definition) is 2. The SMILES string of the molecule is CC1CNC2(CNC2)S1. The van der Waals surface area contributed by atoms with Gasteiger partial charge in [0.05, 0.1) is 4.87 Å². The predicted octanol–water partition coefficient (Wildman–Crippen LogP) is 0.0108. The molecule has 52 valence electrons. The summed E-state index contributed by atoms with van der Waals surface area (Å²) in [6.45, 7) is 5.78. The van der Waals surface area contributed by atoms with E-state index < -0.39 is 0 Å². The van der Waals surface area contributed by atoms with Crippen LogP contribution in [0.3, 0.4) is 0 Å². The van der Waals surface area contributed by atoms with E-state index >= 15 is 0 Å². The summed E-state index contributed by atoms with van der Waals surface area (Å²) in [7, 11) is 0. The summed E-state index contributed by atoms with van der Waals surface area (Å²) in [5, 5.41) is 7.61. The maximum Gasteiger partial charge on any atom is 0.0900 e. The molecule has 0 radical (unpaired) electrons. The molecular formula is C6H12N2S. The van der Waals surface area contributed by atoms with Gasteiger partial charge in [0.2, 0.25) is 0 Å². The Morgan fingerprint density at radius 3 is 2.56 bits per heavy atom. The van der Waals surface area contributed by atoms with E-state index in [0.717, 1.165) is 18.3 Å². The lowest BCUT2D eigenvalue weighted by Crippen LogP contribution is -2.62. The summed E-state index contributed by atoms with van der Waals surface area (Å²) < 4.78 is 0. The average Bonchev–Trinajstić information content (AvgIpc) is 2.09. The highest BCUT2D eigenvalue weighted by molar-refractivity contribution is 8.01. The zero-order chi connectivity index (χ0) is 6.32. The van der Waals surface area contributed by atoms with Gasteiger partial charge in [-0.15, -0.1) is 11.8 Å². The molecule has 1 spiro atoms. The molecule has 2 heterocycles. The fraction of sp³-hybridized carbons (Fsp3) is 1.00. The molecule has 0 aliphatic carbocycles. The molecule has 2 saturated heterocycles. The lowest BCUT2D eigenvalue weighted by atomic mass is 10.2. The van der Waals surface area contributed by atoms with Gasteiger partial charge in [-0.1, -0.05) is 6.92 Å². The first-order valence-electron chi connectivity index (χ1n) is 3.44. The number of hydrogen-bond acceptors (Lipinski definition) is 3. The Labute approximate surface area is 59.8 Å². The first-order valence-corrected chi connectivity index (χ1v) is 4.32. The quantitative estimate of drug-likeness (QED) is 0.501. The molecule has 1 atom stereocenters. The van der Waals surface area contributed by atoms with Gasteiger partial charge >= 0.3 is 0 Å². The molecule has 2 N–H and O–H groups in total. The van der Waals surface area contributed by atoms with E-state index in [2.05, 4.69) is 29.3 Å². The van der Waals surface area contributed by atoms with Crippen LogP contribution in [0, 0.1) is 0 Å². The Balaban J connectivity index is 1.99. The minimum absolute atomic E-state index is 0.444. The van der Waals surface area contributed by atoms with Gasteiger partial charge in [-0.25, -0.2) is 0 Å².